The summed E-state index contributed by atoms with van der Waals surface area (Å²) in [5.41, 5.74) is 0. The first kappa shape index (κ1) is 9.15. The van der Waals surface area contributed by atoms with Gasteiger partial charge in [-0.2, -0.15) is 0 Å². The second kappa shape index (κ2) is 3.75. The van der Waals surface area contributed by atoms with Crippen molar-refractivity contribution in [3.8, 4) is 0 Å². The Balaban J connectivity index is 2.37. The Hall–Kier alpha value is -0.420. The highest BCUT2D eigenvalue weighted by atomic mass is 32.1. The summed E-state index contributed by atoms with van der Waals surface area (Å²) in [6.07, 6.45) is -0.218. The Labute approximate surface area is 84.7 Å². The van der Waals surface area contributed by atoms with Crippen molar-refractivity contribution in [1.82, 2.24) is 0 Å². The van der Waals surface area contributed by atoms with Crippen LogP contribution in [0.5, 0.6) is 0 Å². The molecule has 0 unspecified atom stereocenters. The minimum atomic E-state index is -0.218. The third kappa shape index (κ3) is 1.62. The second-order valence-corrected chi connectivity index (χ2v) is 4.66. The van der Waals surface area contributed by atoms with Crippen LogP contribution in [0.15, 0.2) is 17.5 Å². The first-order valence-electron chi connectivity index (χ1n) is 3.87. The van der Waals surface area contributed by atoms with Crippen molar-refractivity contribution in [2.45, 2.75) is 6.29 Å². The van der Waals surface area contributed by atoms with E-state index in [-0.39, 0.29) is 6.29 Å². The molecule has 2 nitrogen and oxygen atoms in total. The highest BCUT2D eigenvalue weighted by Gasteiger charge is 2.12. The van der Waals surface area contributed by atoms with Crippen molar-refractivity contribution in [3.63, 3.8) is 0 Å². The van der Waals surface area contributed by atoms with Gasteiger partial charge in [-0.25, -0.2) is 0 Å². The molecular formula is C9H10O2S2. The Bertz CT molecular complexity index is 358. The molecule has 0 N–H and O–H groups in total. The summed E-state index contributed by atoms with van der Waals surface area (Å²) >= 11 is 3.47. The molecule has 2 aromatic rings. The van der Waals surface area contributed by atoms with Crippen molar-refractivity contribution >= 4 is 32.1 Å². The standard InChI is InChI=1S/C9H10O2S2/c1-10-9(11-2)8-5-7-6(13-8)3-4-12-7/h3-5,9H,1-2H3. The molecule has 0 aliphatic rings. The van der Waals surface area contributed by atoms with Gasteiger partial charge in [0.25, 0.3) is 0 Å². The molecule has 2 aromatic heterocycles. The lowest BCUT2D eigenvalue weighted by Crippen LogP contribution is -2.00. The molecule has 0 bridgehead atoms. The van der Waals surface area contributed by atoms with Crippen LogP contribution in [0.4, 0.5) is 0 Å². The number of ether oxygens (including phenoxy) is 2. The molecule has 0 saturated heterocycles. The van der Waals surface area contributed by atoms with Gasteiger partial charge in [0.1, 0.15) is 0 Å². The average Bonchev–Trinajstić information content (AvgIpc) is 2.65. The van der Waals surface area contributed by atoms with E-state index in [9.17, 15) is 0 Å². The highest BCUT2D eigenvalue weighted by molar-refractivity contribution is 7.26. The van der Waals surface area contributed by atoms with Gasteiger partial charge < -0.3 is 9.47 Å². The summed E-state index contributed by atoms with van der Waals surface area (Å²) in [4.78, 5) is 1.13. The number of methoxy groups -OCH3 is 2. The van der Waals surface area contributed by atoms with Crippen molar-refractivity contribution in [2.24, 2.45) is 0 Å². The van der Waals surface area contributed by atoms with Crippen LogP contribution in [-0.2, 0) is 9.47 Å². The molecule has 0 atom stereocenters. The Morgan fingerprint density at radius 3 is 2.62 bits per heavy atom. The zero-order valence-electron chi connectivity index (χ0n) is 7.44. The van der Waals surface area contributed by atoms with Gasteiger partial charge in [-0.1, -0.05) is 0 Å². The van der Waals surface area contributed by atoms with Crippen LogP contribution in [-0.4, -0.2) is 14.2 Å². The summed E-state index contributed by atoms with van der Waals surface area (Å²) in [6, 6.07) is 4.25. The quantitative estimate of drug-likeness (QED) is 0.730. The molecule has 0 saturated carbocycles. The van der Waals surface area contributed by atoms with E-state index >= 15 is 0 Å². The van der Waals surface area contributed by atoms with E-state index in [4.69, 9.17) is 9.47 Å². The van der Waals surface area contributed by atoms with Gasteiger partial charge in [-0.05, 0) is 17.5 Å². The van der Waals surface area contributed by atoms with Gasteiger partial charge in [-0.3, -0.25) is 0 Å². The third-order valence-corrected chi connectivity index (χ3v) is 3.93. The lowest BCUT2D eigenvalue weighted by Gasteiger charge is -2.09. The third-order valence-electron chi connectivity index (χ3n) is 1.82. The van der Waals surface area contributed by atoms with Crippen LogP contribution in [0.2, 0.25) is 0 Å². The van der Waals surface area contributed by atoms with Crippen molar-refractivity contribution in [2.75, 3.05) is 14.2 Å². The van der Waals surface area contributed by atoms with Gasteiger partial charge in [0.2, 0.25) is 0 Å². The van der Waals surface area contributed by atoms with Crippen LogP contribution >= 0.6 is 22.7 Å². The molecule has 0 radical (unpaired) electrons. The van der Waals surface area contributed by atoms with Crippen LogP contribution < -0.4 is 0 Å². The summed E-state index contributed by atoms with van der Waals surface area (Å²) in [6.45, 7) is 0. The molecule has 0 aromatic carbocycles. The zero-order chi connectivity index (χ0) is 9.26. The molecule has 13 heavy (non-hydrogen) atoms. The Kier molecular flexibility index (Phi) is 2.64. The van der Waals surface area contributed by atoms with E-state index in [0.717, 1.165) is 4.88 Å². The zero-order valence-corrected chi connectivity index (χ0v) is 9.08. The summed E-state index contributed by atoms with van der Waals surface area (Å²) in [7, 11) is 3.31. The monoisotopic (exact) mass is 214 g/mol. The largest absolute Gasteiger partial charge is 0.351 e. The molecule has 0 spiro atoms. The van der Waals surface area contributed by atoms with E-state index in [1.807, 2.05) is 0 Å². The van der Waals surface area contributed by atoms with Gasteiger partial charge in [0, 0.05) is 23.6 Å². The van der Waals surface area contributed by atoms with Gasteiger partial charge in [0.05, 0.1) is 4.88 Å². The lowest BCUT2D eigenvalue weighted by atomic mass is 10.4. The van der Waals surface area contributed by atoms with Crippen molar-refractivity contribution in [1.29, 1.82) is 0 Å². The van der Waals surface area contributed by atoms with Crippen LogP contribution in [0, 0.1) is 0 Å². The molecule has 0 amide bonds. The summed E-state index contributed by atoms with van der Waals surface area (Å²) in [5.74, 6) is 0. The van der Waals surface area contributed by atoms with Crippen molar-refractivity contribution in [3.05, 3.63) is 22.4 Å². The summed E-state index contributed by atoms with van der Waals surface area (Å²) in [5, 5.41) is 2.10. The molecular weight excluding hydrogens is 204 g/mol. The Morgan fingerprint density at radius 1 is 1.23 bits per heavy atom. The lowest BCUT2D eigenvalue weighted by molar-refractivity contribution is -0.103. The fourth-order valence-corrected chi connectivity index (χ4v) is 3.40. The second-order valence-electron chi connectivity index (χ2n) is 2.60. The van der Waals surface area contributed by atoms with E-state index in [1.54, 1.807) is 36.9 Å². The first-order valence-corrected chi connectivity index (χ1v) is 5.57. The molecule has 2 rings (SSSR count). The minimum absolute atomic E-state index is 0.218. The molecule has 0 aliphatic heterocycles. The Morgan fingerprint density at radius 2 is 2.00 bits per heavy atom. The van der Waals surface area contributed by atoms with Crippen LogP contribution in [0.3, 0.4) is 0 Å². The normalized spacial score (nSPS) is 11.6. The van der Waals surface area contributed by atoms with Crippen molar-refractivity contribution < 1.29 is 9.47 Å². The molecule has 0 aliphatic carbocycles. The predicted molar refractivity (Wildman–Crippen MR) is 56.5 cm³/mol. The maximum absolute atomic E-state index is 5.18. The first-order chi connectivity index (χ1) is 6.35. The van der Waals surface area contributed by atoms with Gasteiger partial charge in [-0.15, -0.1) is 22.7 Å². The van der Waals surface area contributed by atoms with E-state index in [0.29, 0.717) is 0 Å². The maximum Gasteiger partial charge on any atom is 0.192 e. The number of thiophene rings is 2. The van der Waals surface area contributed by atoms with E-state index < -0.39 is 0 Å². The topological polar surface area (TPSA) is 18.5 Å². The highest BCUT2D eigenvalue weighted by Crippen LogP contribution is 2.34. The van der Waals surface area contributed by atoms with Crippen LogP contribution in [0.1, 0.15) is 11.2 Å². The predicted octanol–water partition coefficient (Wildman–Crippen LogP) is 3.25. The van der Waals surface area contributed by atoms with Crippen LogP contribution in [0.25, 0.3) is 9.40 Å². The number of rotatable bonds is 3. The number of hydrogen-bond acceptors (Lipinski definition) is 4. The molecule has 0 fully saturated rings. The van der Waals surface area contributed by atoms with E-state index in [1.165, 1.54) is 9.40 Å². The minimum Gasteiger partial charge on any atom is -0.351 e. The average molecular weight is 214 g/mol. The fraction of sp³-hybridized carbons (Fsp3) is 0.333. The van der Waals surface area contributed by atoms with Gasteiger partial charge >= 0.3 is 0 Å². The fourth-order valence-electron chi connectivity index (χ4n) is 1.23. The molecule has 70 valence electrons. The summed E-state index contributed by atoms with van der Waals surface area (Å²) < 4.78 is 13.0. The number of hydrogen-bond donors (Lipinski definition) is 0. The maximum atomic E-state index is 5.18. The smallest absolute Gasteiger partial charge is 0.192 e. The SMILES string of the molecule is COC(OC)c1cc2sccc2s1. The van der Waals surface area contributed by atoms with Gasteiger partial charge in [0.15, 0.2) is 6.29 Å². The molecule has 2 heterocycles. The van der Waals surface area contributed by atoms with E-state index in [2.05, 4.69) is 17.5 Å². The number of fused-ring (bicyclic) bond motifs is 1. The molecule has 4 heteroatoms.